The molecule has 0 unspecified atom stereocenters. The van der Waals surface area contributed by atoms with Crippen LogP contribution < -0.4 is 5.32 Å². The molecule has 1 amide bonds. The number of likely N-dealkylation sites (tertiary alicyclic amines) is 1. The number of carbonyl (C=O) groups is 3. The molecule has 2 aliphatic heterocycles. The maximum atomic E-state index is 13.7. The second-order valence-electron chi connectivity index (χ2n) is 7.66. The lowest BCUT2D eigenvalue weighted by Gasteiger charge is -2.33. The summed E-state index contributed by atoms with van der Waals surface area (Å²) in [5.74, 6) is -2.51. The molecule has 0 saturated carbocycles. The number of carbonyl (C=O) groups excluding carboxylic acids is 3. The van der Waals surface area contributed by atoms with E-state index in [1.807, 2.05) is 0 Å². The number of non-ortho nitro benzene ring substituents is 1. The second kappa shape index (κ2) is 9.21. The predicted octanol–water partition coefficient (Wildman–Crippen LogP) is 2.17. The number of nitro benzene ring substituents is 1. The van der Waals surface area contributed by atoms with Gasteiger partial charge in [0.15, 0.2) is 0 Å². The van der Waals surface area contributed by atoms with Crippen LogP contribution in [0.5, 0.6) is 0 Å². The lowest BCUT2D eigenvalue weighted by molar-refractivity contribution is -0.384. The molecule has 170 valence electrons. The van der Waals surface area contributed by atoms with Crippen molar-refractivity contribution in [3.05, 3.63) is 62.5 Å². The molecule has 10 heteroatoms. The van der Waals surface area contributed by atoms with Crippen molar-refractivity contribution in [1.29, 1.82) is 0 Å². The average Bonchev–Trinajstić information content (AvgIpc) is 3.27. The Morgan fingerprint density at radius 3 is 2.44 bits per heavy atom. The Hall–Kier alpha value is -3.69. The molecule has 1 aromatic carbocycles. The molecule has 0 aromatic heterocycles. The number of methoxy groups -OCH3 is 2. The van der Waals surface area contributed by atoms with Crippen LogP contribution in [0.3, 0.4) is 0 Å². The Morgan fingerprint density at radius 1 is 1.12 bits per heavy atom. The number of esters is 2. The first-order valence-corrected chi connectivity index (χ1v) is 10.1. The number of nitrogens with zero attached hydrogens (tertiary/aromatic N) is 2. The standard InChI is InChI=1S/C22H25N3O7/c1-12-17(20(26)24-10-6-9-16(24)21(27)31-3)19(18(13(2)23-12)22(28)32-4)14-7-5-8-15(11-14)25(29)30/h5,7-8,11,16,19,23H,6,9-10H2,1-4H3/t16-,19+/m1/s1. The Labute approximate surface area is 185 Å². The highest BCUT2D eigenvalue weighted by atomic mass is 16.6. The molecular weight excluding hydrogens is 418 g/mol. The molecule has 1 N–H and O–H groups in total. The van der Waals surface area contributed by atoms with Crippen molar-refractivity contribution in [1.82, 2.24) is 10.2 Å². The smallest absolute Gasteiger partial charge is 0.336 e. The molecule has 2 atom stereocenters. The van der Waals surface area contributed by atoms with Gasteiger partial charge in [0.1, 0.15) is 6.04 Å². The number of allylic oxidation sites excluding steroid dienone is 2. The lowest BCUT2D eigenvalue weighted by atomic mass is 9.79. The van der Waals surface area contributed by atoms with Gasteiger partial charge in [-0.25, -0.2) is 9.59 Å². The summed E-state index contributed by atoms with van der Waals surface area (Å²) in [6, 6.07) is 5.08. The van der Waals surface area contributed by atoms with Gasteiger partial charge in [-0.05, 0) is 32.3 Å². The summed E-state index contributed by atoms with van der Waals surface area (Å²) >= 11 is 0. The van der Waals surface area contributed by atoms with E-state index in [2.05, 4.69) is 5.32 Å². The van der Waals surface area contributed by atoms with E-state index in [0.29, 0.717) is 36.3 Å². The number of hydrogen-bond donors (Lipinski definition) is 1. The van der Waals surface area contributed by atoms with Gasteiger partial charge in [0.2, 0.25) is 0 Å². The quantitative estimate of drug-likeness (QED) is 0.417. The second-order valence-corrected chi connectivity index (χ2v) is 7.66. The van der Waals surface area contributed by atoms with Crippen molar-refractivity contribution >= 4 is 23.5 Å². The van der Waals surface area contributed by atoms with Crippen LogP contribution in [0.2, 0.25) is 0 Å². The van der Waals surface area contributed by atoms with Crippen LogP contribution in [0.15, 0.2) is 46.8 Å². The Morgan fingerprint density at radius 2 is 1.81 bits per heavy atom. The van der Waals surface area contributed by atoms with Crippen LogP contribution in [-0.4, -0.2) is 54.5 Å². The minimum absolute atomic E-state index is 0.166. The van der Waals surface area contributed by atoms with Crippen molar-refractivity contribution in [3.8, 4) is 0 Å². The highest BCUT2D eigenvalue weighted by Crippen LogP contribution is 2.41. The number of hydrogen-bond acceptors (Lipinski definition) is 8. The first-order chi connectivity index (χ1) is 15.2. The molecule has 1 aromatic rings. The third-order valence-electron chi connectivity index (χ3n) is 5.80. The van der Waals surface area contributed by atoms with E-state index in [0.717, 1.165) is 0 Å². The molecule has 2 aliphatic rings. The molecule has 10 nitrogen and oxygen atoms in total. The van der Waals surface area contributed by atoms with E-state index in [1.54, 1.807) is 19.9 Å². The summed E-state index contributed by atoms with van der Waals surface area (Å²) in [5.41, 5.74) is 1.61. The minimum Gasteiger partial charge on any atom is -0.467 e. The topological polar surface area (TPSA) is 128 Å². The molecule has 3 rings (SSSR count). The molecule has 1 fully saturated rings. The van der Waals surface area contributed by atoms with Gasteiger partial charge in [0.05, 0.1) is 30.6 Å². The van der Waals surface area contributed by atoms with Gasteiger partial charge >= 0.3 is 11.9 Å². The molecular formula is C22H25N3O7. The number of dihydropyridines is 1. The third kappa shape index (κ3) is 4.08. The lowest BCUT2D eigenvalue weighted by Crippen LogP contribution is -2.44. The van der Waals surface area contributed by atoms with E-state index in [9.17, 15) is 24.5 Å². The summed E-state index contributed by atoms with van der Waals surface area (Å²) in [4.78, 5) is 50.9. The molecule has 0 spiro atoms. The largest absolute Gasteiger partial charge is 0.467 e. The molecule has 0 aliphatic carbocycles. The number of benzene rings is 1. The van der Waals surface area contributed by atoms with E-state index in [1.165, 1.54) is 37.3 Å². The van der Waals surface area contributed by atoms with Gasteiger partial charge in [0.25, 0.3) is 11.6 Å². The summed E-state index contributed by atoms with van der Waals surface area (Å²) < 4.78 is 9.82. The fourth-order valence-corrected chi connectivity index (χ4v) is 4.35. The molecule has 32 heavy (non-hydrogen) atoms. The summed E-state index contributed by atoms with van der Waals surface area (Å²) in [6.07, 6.45) is 1.10. The minimum atomic E-state index is -0.907. The zero-order chi connectivity index (χ0) is 23.6. The number of nitro groups is 1. The predicted molar refractivity (Wildman–Crippen MR) is 113 cm³/mol. The van der Waals surface area contributed by atoms with Crippen LogP contribution in [0.4, 0.5) is 5.69 Å². The van der Waals surface area contributed by atoms with Crippen LogP contribution in [0, 0.1) is 10.1 Å². The van der Waals surface area contributed by atoms with Crippen LogP contribution >= 0.6 is 0 Å². The van der Waals surface area contributed by atoms with Crippen LogP contribution in [0.1, 0.15) is 38.2 Å². The van der Waals surface area contributed by atoms with Crippen LogP contribution in [-0.2, 0) is 23.9 Å². The van der Waals surface area contributed by atoms with Crippen molar-refractivity contribution in [2.45, 2.75) is 38.6 Å². The highest BCUT2D eigenvalue weighted by molar-refractivity contribution is 6.03. The SMILES string of the molecule is COC(=O)C1=C(C)NC(C)=C(C(=O)N2CCC[C@@H]2C(=O)OC)[C@@H]1c1cccc([N+](=O)[O-])c1. The number of ether oxygens (including phenoxy) is 2. The van der Waals surface area contributed by atoms with Gasteiger partial charge < -0.3 is 19.7 Å². The maximum absolute atomic E-state index is 13.7. The van der Waals surface area contributed by atoms with Gasteiger partial charge in [-0.2, -0.15) is 0 Å². The normalized spacial score (nSPS) is 20.7. The summed E-state index contributed by atoms with van der Waals surface area (Å²) in [7, 11) is 2.50. The zero-order valence-corrected chi connectivity index (χ0v) is 18.3. The van der Waals surface area contributed by atoms with Crippen LogP contribution in [0.25, 0.3) is 0 Å². The fraction of sp³-hybridized carbons (Fsp3) is 0.409. The maximum Gasteiger partial charge on any atom is 0.336 e. The molecule has 0 radical (unpaired) electrons. The Kier molecular flexibility index (Phi) is 6.61. The van der Waals surface area contributed by atoms with E-state index < -0.39 is 34.7 Å². The van der Waals surface area contributed by atoms with Gasteiger partial charge in [0, 0.05) is 35.6 Å². The summed E-state index contributed by atoms with van der Waals surface area (Å²) in [5, 5.41) is 14.4. The van der Waals surface area contributed by atoms with Gasteiger partial charge in [-0.1, -0.05) is 12.1 Å². The van der Waals surface area contributed by atoms with E-state index >= 15 is 0 Å². The number of nitrogens with one attached hydrogen (secondary N) is 1. The molecule has 0 bridgehead atoms. The van der Waals surface area contributed by atoms with Crippen molar-refractivity contribution in [2.24, 2.45) is 0 Å². The first kappa shape index (κ1) is 23.0. The number of amides is 1. The zero-order valence-electron chi connectivity index (χ0n) is 18.3. The fourth-order valence-electron chi connectivity index (χ4n) is 4.35. The monoisotopic (exact) mass is 443 g/mol. The Bertz CT molecular complexity index is 1040. The third-order valence-corrected chi connectivity index (χ3v) is 5.80. The van der Waals surface area contributed by atoms with Crippen molar-refractivity contribution in [3.63, 3.8) is 0 Å². The van der Waals surface area contributed by atoms with E-state index in [4.69, 9.17) is 9.47 Å². The molecule has 1 saturated heterocycles. The van der Waals surface area contributed by atoms with E-state index in [-0.39, 0.29) is 16.8 Å². The molecule has 2 heterocycles. The van der Waals surface area contributed by atoms with Gasteiger partial charge in [-0.3, -0.25) is 14.9 Å². The van der Waals surface area contributed by atoms with Gasteiger partial charge in [-0.15, -0.1) is 0 Å². The highest BCUT2D eigenvalue weighted by Gasteiger charge is 2.43. The number of rotatable bonds is 5. The van der Waals surface area contributed by atoms with Crippen molar-refractivity contribution in [2.75, 3.05) is 20.8 Å². The summed E-state index contributed by atoms with van der Waals surface area (Å²) in [6.45, 7) is 3.72. The first-order valence-electron chi connectivity index (χ1n) is 10.1. The Balaban J connectivity index is 2.16. The average molecular weight is 443 g/mol. The van der Waals surface area contributed by atoms with Crippen molar-refractivity contribution < 1.29 is 28.8 Å².